The summed E-state index contributed by atoms with van der Waals surface area (Å²) in [5.74, 6) is 0.764. The van der Waals surface area contributed by atoms with Crippen LogP contribution in [0.3, 0.4) is 0 Å². The lowest BCUT2D eigenvalue weighted by Crippen LogP contribution is -2.49. The molecule has 1 atom stereocenters. The highest BCUT2D eigenvalue weighted by atomic mass is 35.5. The third-order valence-corrected chi connectivity index (χ3v) is 5.42. The van der Waals surface area contributed by atoms with Crippen LogP contribution >= 0.6 is 23.2 Å². The van der Waals surface area contributed by atoms with Crippen molar-refractivity contribution in [2.24, 2.45) is 0 Å². The fraction of sp³-hybridized carbons (Fsp3) is 0.364. The van der Waals surface area contributed by atoms with Gasteiger partial charge in [-0.15, -0.1) is 0 Å². The summed E-state index contributed by atoms with van der Waals surface area (Å²) in [5, 5.41) is 3.42. The molecule has 9 heteroatoms. The molecule has 31 heavy (non-hydrogen) atoms. The zero-order valence-electron chi connectivity index (χ0n) is 17.9. The van der Waals surface area contributed by atoms with E-state index in [2.05, 4.69) is 5.32 Å². The zero-order valence-corrected chi connectivity index (χ0v) is 19.4. The maximum absolute atomic E-state index is 13.1. The number of carbonyl (C=O) groups excluding carboxylic acids is 2. The Bertz CT molecular complexity index is 880. The van der Waals surface area contributed by atoms with Crippen LogP contribution in [0, 0.1) is 0 Å². The van der Waals surface area contributed by atoms with E-state index < -0.39 is 11.9 Å². The molecule has 0 radical (unpaired) electrons. The van der Waals surface area contributed by atoms with E-state index in [-0.39, 0.29) is 19.1 Å². The molecule has 0 heterocycles. The van der Waals surface area contributed by atoms with Crippen LogP contribution in [0.2, 0.25) is 10.0 Å². The Kier molecular flexibility index (Phi) is 9.27. The van der Waals surface area contributed by atoms with Crippen molar-refractivity contribution in [2.75, 3.05) is 27.9 Å². The second-order valence-electron chi connectivity index (χ2n) is 6.60. The molecule has 2 rings (SSSR count). The molecule has 0 spiro atoms. The monoisotopic (exact) mass is 468 g/mol. The predicted molar refractivity (Wildman–Crippen MR) is 120 cm³/mol. The van der Waals surface area contributed by atoms with Crippen LogP contribution in [0.4, 0.5) is 0 Å². The zero-order chi connectivity index (χ0) is 23.0. The Morgan fingerprint density at radius 2 is 1.58 bits per heavy atom. The first-order chi connectivity index (χ1) is 14.8. The summed E-state index contributed by atoms with van der Waals surface area (Å²) in [6.45, 7) is 1.59. The number of nitrogens with one attached hydrogen (secondary N) is 1. The number of amides is 2. The molecule has 0 saturated heterocycles. The number of nitrogens with zero attached hydrogens (tertiary/aromatic N) is 1. The van der Waals surface area contributed by atoms with Crippen LogP contribution in [-0.2, 0) is 16.1 Å². The van der Waals surface area contributed by atoms with Gasteiger partial charge in [0.15, 0.2) is 6.61 Å². The molecule has 0 saturated carbocycles. The Morgan fingerprint density at radius 1 is 1.03 bits per heavy atom. The molecule has 0 fully saturated rings. The van der Waals surface area contributed by atoms with E-state index in [1.165, 1.54) is 26.2 Å². The molecule has 1 N–H and O–H groups in total. The number of likely N-dealkylation sites (N-methyl/N-ethyl adjacent to an activating group) is 1. The molecule has 0 aromatic heterocycles. The minimum Gasteiger partial charge on any atom is -0.496 e. The van der Waals surface area contributed by atoms with E-state index in [9.17, 15) is 9.59 Å². The number of benzene rings is 2. The molecule has 2 aromatic rings. The molecule has 2 aromatic carbocycles. The first-order valence-electron chi connectivity index (χ1n) is 9.64. The molecule has 0 aliphatic rings. The summed E-state index contributed by atoms with van der Waals surface area (Å²) < 4.78 is 16.1. The standard InChI is InChI=1S/C22H26Cl2N2O5/c1-5-20(22(28)25-2)26(12-17-18(23)7-6-8-19(17)24)21(27)13-31-16-10-14(29-3)9-15(11-16)30-4/h6-11,20H,5,12-13H2,1-4H3,(H,25,28)/t20-/m0/s1. The molecule has 2 amide bonds. The number of ether oxygens (including phenoxy) is 3. The van der Waals surface area contributed by atoms with Gasteiger partial charge in [0.05, 0.1) is 14.2 Å². The second kappa shape index (κ2) is 11.7. The second-order valence-corrected chi connectivity index (χ2v) is 7.41. The van der Waals surface area contributed by atoms with Crippen LogP contribution < -0.4 is 19.5 Å². The Morgan fingerprint density at radius 3 is 2.06 bits per heavy atom. The van der Waals surface area contributed by atoms with Crippen molar-refractivity contribution < 1.29 is 23.8 Å². The largest absolute Gasteiger partial charge is 0.496 e. The lowest BCUT2D eigenvalue weighted by Gasteiger charge is -2.30. The third kappa shape index (κ3) is 6.42. The van der Waals surface area contributed by atoms with Gasteiger partial charge in [-0.05, 0) is 18.6 Å². The van der Waals surface area contributed by atoms with Gasteiger partial charge in [0.2, 0.25) is 5.91 Å². The molecule has 0 unspecified atom stereocenters. The highest BCUT2D eigenvalue weighted by Crippen LogP contribution is 2.29. The summed E-state index contributed by atoms with van der Waals surface area (Å²) in [5.41, 5.74) is 0.560. The van der Waals surface area contributed by atoms with Gasteiger partial charge in [-0.1, -0.05) is 36.2 Å². The van der Waals surface area contributed by atoms with Crippen molar-refractivity contribution >= 4 is 35.0 Å². The van der Waals surface area contributed by atoms with E-state index in [1.54, 1.807) is 36.4 Å². The Balaban J connectivity index is 2.28. The number of carbonyl (C=O) groups is 2. The van der Waals surface area contributed by atoms with Crippen LogP contribution in [-0.4, -0.2) is 50.6 Å². The van der Waals surface area contributed by atoms with Gasteiger partial charge in [-0.2, -0.15) is 0 Å². The van der Waals surface area contributed by atoms with Crippen molar-refractivity contribution in [2.45, 2.75) is 25.9 Å². The van der Waals surface area contributed by atoms with Gasteiger partial charge in [0.1, 0.15) is 23.3 Å². The third-order valence-electron chi connectivity index (χ3n) is 4.71. The molecule has 0 aliphatic carbocycles. The minimum absolute atomic E-state index is 0.0636. The lowest BCUT2D eigenvalue weighted by molar-refractivity contribution is -0.142. The van der Waals surface area contributed by atoms with E-state index in [1.807, 2.05) is 6.92 Å². The molecule has 7 nitrogen and oxygen atoms in total. The van der Waals surface area contributed by atoms with Crippen LogP contribution in [0.25, 0.3) is 0 Å². The van der Waals surface area contributed by atoms with Crippen LogP contribution in [0.5, 0.6) is 17.2 Å². The molecule has 168 valence electrons. The number of rotatable bonds is 10. The lowest BCUT2D eigenvalue weighted by atomic mass is 10.1. The highest BCUT2D eigenvalue weighted by Gasteiger charge is 2.29. The Labute approximate surface area is 192 Å². The van der Waals surface area contributed by atoms with Crippen LogP contribution in [0.1, 0.15) is 18.9 Å². The van der Waals surface area contributed by atoms with E-state index in [4.69, 9.17) is 37.4 Å². The minimum atomic E-state index is -0.715. The van der Waals surface area contributed by atoms with Gasteiger partial charge in [-0.3, -0.25) is 9.59 Å². The van der Waals surface area contributed by atoms with Crippen molar-refractivity contribution in [1.82, 2.24) is 10.2 Å². The fourth-order valence-electron chi connectivity index (χ4n) is 3.03. The van der Waals surface area contributed by atoms with Gasteiger partial charge in [-0.25, -0.2) is 0 Å². The quantitative estimate of drug-likeness (QED) is 0.571. The normalized spacial score (nSPS) is 11.4. The van der Waals surface area contributed by atoms with E-state index in [0.29, 0.717) is 39.3 Å². The highest BCUT2D eigenvalue weighted by molar-refractivity contribution is 6.36. The maximum atomic E-state index is 13.1. The molecular formula is C22H26Cl2N2O5. The van der Waals surface area contributed by atoms with Crippen molar-refractivity contribution in [1.29, 1.82) is 0 Å². The summed E-state index contributed by atoms with van der Waals surface area (Å²) in [7, 11) is 4.57. The number of hydrogen-bond acceptors (Lipinski definition) is 5. The van der Waals surface area contributed by atoms with Crippen molar-refractivity contribution in [3.05, 3.63) is 52.0 Å². The topological polar surface area (TPSA) is 77.1 Å². The summed E-state index contributed by atoms with van der Waals surface area (Å²) in [6, 6.07) is 9.35. The first kappa shape index (κ1) is 24.6. The SMILES string of the molecule is CC[C@@H](C(=O)NC)N(Cc1c(Cl)cccc1Cl)C(=O)COc1cc(OC)cc(OC)c1. The van der Waals surface area contributed by atoms with Gasteiger partial charge in [0, 0.05) is 47.4 Å². The fourth-order valence-corrected chi connectivity index (χ4v) is 3.55. The maximum Gasteiger partial charge on any atom is 0.261 e. The van der Waals surface area contributed by atoms with Crippen LogP contribution in [0.15, 0.2) is 36.4 Å². The first-order valence-corrected chi connectivity index (χ1v) is 10.4. The predicted octanol–water partition coefficient (Wildman–Crippen LogP) is 3.94. The Hall–Kier alpha value is -2.64. The van der Waals surface area contributed by atoms with E-state index >= 15 is 0 Å². The average Bonchev–Trinajstić information content (AvgIpc) is 2.78. The molecular weight excluding hydrogens is 443 g/mol. The molecule has 0 aliphatic heterocycles. The van der Waals surface area contributed by atoms with Gasteiger partial charge >= 0.3 is 0 Å². The van der Waals surface area contributed by atoms with Crippen molar-refractivity contribution in [3.8, 4) is 17.2 Å². The molecule has 0 bridgehead atoms. The number of halogens is 2. The summed E-state index contributed by atoms with van der Waals surface area (Å²) >= 11 is 12.6. The van der Waals surface area contributed by atoms with Gasteiger partial charge in [0.25, 0.3) is 5.91 Å². The smallest absolute Gasteiger partial charge is 0.261 e. The summed E-state index contributed by atoms with van der Waals surface area (Å²) in [6.07, 6.45) is 0.403. The van der Waals surface area contributed by atoms with Gasteiger partial charge < -0.3 is 24.4 Å². The van der Waals surface area contributed by atoms with E-state index in [0.717, 1.165) is 0 Å². The van der Waals surface area contributed by atoms with Crippen molar-refractivity contribution in [3.63, 3.8) is 0 Å². The number of methoxy groups -OCH3 is 2. The summed E-state index contributed by atoms with van der Waals surface area (Å²) in [4.78, 5) is 27.0. The number of hydrogen-bond donors (Lipinski definition) is 1. The average molecular weight is 469 g/mol.